The lowest BCUT2D eigenvalue weighted by molar-refractivity contribution is -0.311. The van der Waals surface area contributed by atoms with E-state index in [2.05, 4.69) is 6.92 Å². The van der Waals surface area contributed by atoms with Gasteiger partial charge in [-0.3, -0.25) is 0 Å². The van der Waals surface area contributed by atoms with Crippen LogP contribution in [0, 0.1) is 17.8 Å². The van der Waals surface area contributed by atoms with Crippen molar-refractivity contribution in [3.63, 3.8) is 0 Å². The Balaban J connectivity index is 1.66. The summed E-state index contributed by atoms with van der Waals surface area (Å²) >= 11 is 0. The summed E-state index contributed by atoms with van der Waals surface area (Å²) in [5.74, 6) is 1.66. The molecule has 0 spiro atoms. The quantitative estimate of drug-likeness (QED) is 0.548. The Kier molecular flexibility index (Phi) is 7.40. The zero-order chi connectivity index (χ0) is 15.8. The van der Waals surface area contributed by atoms with E-state index in [1.165, 1.54) is 51.0 Å². The molecule has 0 aromatic carbocycles. The molecule has 2 fully saturated rings. The molecule has 22 heavy (non-hydrogen) atoms. The molecule has 4 nitrogen and oxygen atoms in total. The summed E-state index contributed by atoms with van der Waals surface area (Å²) in [6, 6.07) is 0. The van der Waals surface area contributed by atoms with Crippen LogP contribution in [0.15, 0.2) is 12.2 Å². The second-order valence-electron chi connectivity index (χ2n) is 6.58. The Morgan fingerprint density at radius 1 is 1.14 bits per heavy atom. The van der Waals surface area contributed by atoms with Crippen LogP contribution in [0.3, 0.4) is 0 Å². The zero-order valence-electron chi connectivity index (χ0n) is 14.0. The Labute approximate surface area is 134 Å². The number of hydrogen-bond acceptors (Lipinski definition) is 4. The molecule has 126 valence electrons. The first-order chi connectivity index (χ1) is 10.7. The van der Waals surface area contributed by atoms with E-state index in [1.54, 1.807) is 13.0 Å². The maximum atomic E-state index is 11.3. The lowest BCUT2D eigenvalue weighted by Crippen LogP contribution is -2.39. The minimum Gasteiger partial charge on any atom is -0.407 e. The van der Waals surface area contributed by atoms with Crippen molar-refractivity contribution in [1.82, 2.24) is 0 Å². The van der Waals surface area contributed by atoms with Crippen molar-refractivity contribution in [2.45, 2.75) is 65.3 Å². The number of carbonyl (C=O) groups is 1. The van der Waals surface area contributed by atoms with E-state index in [4.69, 9.17) is 14.2 Å². The Bertz CT molecular complexity index is 350. The van der Waals surface area contributed by atoms with E-state index in [0.717, 1.165) is 5.92 Å². The number of allylic oxidation sites excluding steroid dienone is 1. The molecule has 1 saturated carbocycles. The number of unbranched alkanes of at least 4 members (excludes halogenated alkanes) is 1. The van der Waals surface area contributed by atoms with Gasteiger partial charge in [-0.05, 0) is 31.6 Å². The molecule has 0 atom stereocenters. The average Bonchev–Trinajstić information content (AvgIpc) is 2.54. The van der Waals surface area contributed by atoms with E-state index >= 15 is 0 Å². The highest BCUT2D eigenvalue weighted by Gasteiger charge is 2.32. The van der Waals surface area contributed by atoms with Crippen molar-refractivity contribution in [3.8, 4) is 0 Å². The second-order valence-corrected chi connectivity index (χ2v) is 6.58. The van der Waals surface area contributed by atoms with Gasteiger partial charge in [0.15, 0.2) is 0 Å². The standard InChI is InChI=1S/C18H30O4/c1-3-5-7-14-8-10-15(11-9-14)16-12-20-18(21-13-16)22-17(19)6-4-2/h4,6,14-16,18H,3,5,7-13H2,1-2H3/b6-4+. The van der Waals surface area contributed by atoms with Gasteiger partial charge in [0.25, 0.3) is 0 Å². The second kappa shape index (κ2) is 9.31. The summed E-state index contributed by atoms with van der Waals surface area (Å²) in [6.07, 6.45) is 12.3. The molecule has 2 aliphatic rings. The summed E-state index contributed by atoms with van der Waals surface area (Å²) in [4.78, 5) is 11.3. The van der Waals surface area contributed by atoms with Gasteiger partial charge in [-0.15, -0.1) is 0 Å². The summed E-state index contributed by atoms with van der Waals surface area (Å²) in [5, 5.41) is 0. The smallest absolute Gasteiger partial charge is 0.334 e. The van der Waals surface area contributed by atoms with Gasteiger partial charge in [-0.1, -0.05) is 45.1 Å². The SMILES string of the molecule is C/C=C/C(=O)OC1OCC(C2CCC(CCCC)CC2)CO1. The average molecular weight is 310 g/mol. The third-order valence-electron chi connectivity index (χ3n) is 4.93. The molecule has 0 aromatic rings. The van der Waals surface area contributed by atoms with Crippen LogP contribution < -0.4 is 0 Å². The van der Waals surface area contributed by atoms with Gasteiger partial charge in [0, 0.05) is 12.0 Å². The Hall–Kier alpha value is -0.870. The van der Waals surface area contributed by atoms with Crippen LogP contribution >= 0.6 is 0 Å². The van der Waals surface area contributed by atoms with E-state index in [0.29, 0.717) is 25.0 Å². The van der Waals surface area contributed by atoms with Gasteiger partial charge in [0.1, 0.15) is 0 Å². The molecule has 1 heterocycles. The third kappa shape index (κ3) is 5.40. The van der Waals surface area contributed by atoms with Gasteiger partial charge < -0.3 is 14.2 Å². The van der Waals surface area contributed by atoms with Gasteiger partial charge in [0.2, 0.25) is 0 Å². The maximum Gasteiger partial charge on any atom is 0.334 e. The number of esters is 1. The first kappa shape index (κ1) is 17.5. The molecule has 1 aliphatic heterocycles. The van der Waals surface area contributed by atoms with Crippen molar-refractivity contribution >= 4 is 5.97 Å². The fourth-order valence-corrected chi connectivity index (χ4v) is 3.55. The van der Waals surface area contributed by atoms with Crippen molar-refractivity contribution < 1.29 is 19.0 Å². The number of ether oxygens (including phenoxy) is 3. The summed E-state index contributed by atoms with van der Waals surface area (Å²) in [7, 11) is 0. The van der Waals surface area contributed by atoms with Gasteiger partial charge in [-0.25, -0.2) is 4.79 Å². The highest BCUT2D eigenvalue weighted by atomic mass is 16.9. The first-order valence-corrected chi connectivity index (χ1v) is 8.79. The summed E-state index contributed by atoms with van der Waals surface area (Å²) < 4.78 is 16.2. The fourth-order valence-electron chi connectivity index (χ4n) is 3.55. The van der Waals surface area contributed by atoms with Crippen molar-refractivity contribution in [3.05, 3.63) is 12.2 Å². The molecule has 0 bridgehead atoms. The highest BCUT2D eigenvalue weighted by molar-refractivity contribution is 5.81. The van der Waals surface area contributed by atoms with E-state index < -0.39 is 12.4 Å². The van der Waals surface area contributed by atoms with E-state index in [9.17, 15) is 4.79 Å². The van der Waals surface area contributed by atoms with Crippen molar-refractivity contribution in [1.29, 1.82) is 0 Å². The van der Waals surface area contributed by atoms with Crippen LogP contribution in [0.5, 0.6) is 0 Å². The van der Waals surface area contributed by atoms with Crippen LogP contribution in [0.1, 0.15) is 58.8 Å². The van der Waals surface area contributed by atoms with Crippen molar-refractivity contribution in [2.24, 2.45) is 17.8 Å². The minimum atomic E-state index is -0.833. The number of rotatable bonds is 6. The predicted molar refractivity (Wildman–Crippen MR) is 85.1 cm³/mol. The molecule has 1 aliphatic carbocycles. The highest BCUT2D eigenvalue weighted by Crippen LogP contribution is 2.37. The molecule has 0 radical (unpaired) electrons. The van der Waals surface area contributed by atoms with Crippen LogP contribution in [-0.2, 0) is 19.0 Å². The van der Waals surface area contributed by atoms with Crippen LogP contribution in [0.25, 0.3) is 0 Å². The molecule has 0 amide bonds. The topological polar surface area (TPSA) is 44.8 Å². The van der Waals surface area contributed by atoms with Gasteiger partial charge in [-0.2, -0.15) is 0 Å². The molecule has 0 N–H and O–H groups in total. The van der Waals surface area contributed by atoms with Crippen molar-refractivity contribution in [2.75, 3.05) is 13.2 Å². The number of hydrogen-bond donors (Lipinski definition) is 0. The van der Waals surface area contributed by atoms with Gasteiger partial charge >= 0.3 is 12.4 Å². The van der Waals surface area contributed by atoms with E-state index in [-0.39, 0.29) is 0 Å². The van der Waals surface area contributed by atoms with Crippen LogP contribution in [0.2, 0.25) is 0 Å². The van der Waals surface area contributed by atoms with Crippen LogP contribution in [0.4, 0.5) is 0 Å². The molecule has 0 unspecified atom stereocenters. The minimum absolute atomic E-state index is 0.414. The number of carbonyl (C=O) groups excluding carboxylic acids is 1. The zero-order valence-corrected chi connectivity index (χ0v) is 14.0. The lowest BCUT2D eigenvalue weighted by atomic mass is 9.75. The fraction of sp³-hybridized carbons (Fsp3) is 0.833. The monoisotopic (exact) mass is 310 g/mol. The molecular formula is C18H30O4. The molecule has 4 heteroatoms. The normalized spacial score (nSPS) is 33.0. The predicted octanol–water partition coefficient (Wildman–Crippen LogP) is 4.05. The Morgan fingerprint density at radius 2 is 1.82 bits per heavy atom. The molecule has 2 rings (SSSR count). The molecular weight excluding hydrogens is 280 g/mol. The molecule has 1 saturated heterocycles. The van der Waals surface area contributed by atoms with E-state index in [1.807, 2.05) is 0 Å². The van der Waals surface area contributed by atoms with Crippen LogP contribution in [-0.4, -0.2) is 25.7 Å². The Morgan fingerprint density at radius 3 is 2.41 bits per heavy atom. The largest absolute Gasteiger partial charge is 0.407 e. The lowest BCUT2D eigenvalue weighted by Gasteiger charge is -2.37. The third-order valence-corrected chi connectivity index (χ3v) is 4.93. The maximum absolute atomic E-state index is 11.3. The molecule has 0 aromatic heterocycles. The first-order valence-electron chi connectivity index (χ1n) is 8.79. The summed E-state index contributed by atoms with van der Waals surface area (Å²) in [6.45, 7) is 4.48. The summed E-state index contributed by atoms with van der Waals surface area (Å²) in [5.41, 5.74) is 0. The van der Waals surface area contributed by atoms with Gasteiger partial charge in [0.05, 0.1) is 13.2 Å².